The van der Waals surface area contributed by atoms with Gasteiger partial charge in [0.1, 0.15) is 0 Å². The first-order valence-electron chi connectivity index (χ1n) is 9.84. The first kappa shape index (κ1) is 19.8. The summed E-state index contributed by atoms with van der Waals surface area (Å²) in [6.45, 7) is 4.46. The normalized spacial score (nSPS) is 11.0. The van der Waals surface area contributed by atoms with Crippen molar-refractivity contribution >= 4 is 12.2 Å². The fourth-order valence-corrected chi connectivity index (χ4v) is 2.72. The minimum absolute atomic E-state index is 1.17. The highest BCUT2D eigenvalue weighted by molar-refractivity contribution is 5.56. The van der Waals surface area contributed by atoms with E-state index in [1.165, 1.54) is 60.8 Å². The SMILES string of the molecule is CCCCc1ccc(/C=C/C#C/C=C/c2ccc(CCCC)cc2)cc1. The van der Waals surface area contributed by atoms with Crippen molar-refractivity contribution in [2.45, 2.75) is 52.4 Å². The highest BCUT2D eigenvalue weighted by Crippen LogP contribution is 2.10. The molecule has 0 spiro atoms. The van der Waals surface area contributed by atoms with Crippen LogP contribution in [0.5, 0.6) is 0 Å². The predicted octanol–water partition coefficient (Wildman–Crippen LogP) is 7.10. The van der Waals surface area contributed by atoms with Crippen LogP contribution in [0.25, 0.3) is 12.2 Å². The van der Waals surface area contributed by atoms with Crippen LogP contribution in [0.4, 0.5) is 0 Å². The van der Waals surface area contributed by atoms with Crippen molar-refractivity contribution in [3.63, 3.8) is 0 Å². The molecule has 0 nitrogen and oxygen atoms in total. The third-order valence-electron chi connectivity index (χ3n) is 4.40. The third kappa shape index (κ3) is 7.58. The smallest absolute Gasteiger partial charge is 0.0109 e. The number of hydrogen-bond acceptors (Lipinski definition) is 0. The summed E-state index contributed by atoms with van der Waals surface area (Å²) in [4.78, 5) is 0. The van der Waals surface area contributed by atoms with Crippen molar-refractivity contribution in [3.05, 3.63) is 82.9 Å². The predicted molar refractivity (Wildman–Crippen MR) is 116 cm³/mol. The van der Waals surface area contributed by atoms with Crippen LogP contribution in [0.1, 0.15) is 61.8 Å². The van der Waals surface area contributed by atoms with Gasteiger partial charge in [0.25, 0.3) is 0 Å². The zero-order chi connectivity index (χ0) is 18.5. The Balaban J connectivity index is 1.81. The minimum Gasteiger partial charge on any atom is -0.0702 e. The first-order chi connectivity index (χ1) is 12.8. The number of aryl methyl sites for hydroxylation is 2. The molecule has 0 radical (unpaired) electrons. The van der Waals surface area contributed by atoms with Crippen molar-refractivity contribution in [1.29, 1.82) is 0 Å². The van der Waals surface area contributed by atoms with E-state index in [2.05, 4.69) is 86.4 Å². The van der Waals surface area contributed by atoms with Crippen LogP contribution in [0.15, 0.2) is 60.7 Å². The standard InChI is InChI=1S/C26H30/c1-3-5-11-23-15-19-25(20-16-23)13-9-7-8-10-14-26-21-17-24(18-22-26)12-6-4-2/h9-10,13-22H,3-6,11-12H2,1-2H3/b13-9+,14-10+. The third-order valence-corrected chi connectivity index (χ3v) is 4.40. The van der Waals surface area contributed by atoms with Crippen molar-refractivity contribution in [1.82, 2.24) is 0 Å². The number of unbranched alkanes of at least 4 members (excludes halogenated alkanes) is 2. The molecule has 0 saturated carbocycles. The molecule has 0 aliphatic rings. The van der Waals surface area contributed by atoms with Gasteiger partial charge in [-0.15, -0.1) is 0 Å². The Kier molecular flexibility index (Phi) is 9.09. The zero-order valence-corrected chi connectivity index (χ0v) is 16.2. The van der Waals surface area contributed by atoms with E-state index in [4.69, 9.17) is 0 Å². The summed E-state index contributed by atoms with van der Waals surface area (Å²) in [5.41, 5.74) is 5.23. The molecule has 0 heteroatoms. The maximum atomic E-state index is 3.07. The van der Waals surface area contributed by atoms with Crippen LogP contribution in [-0.2, 0) is 12.8 Å². The topological polar surface area (TPSA) is 0 Å². The summed E-state index contributed by atoms with van der Waals surface area (Å²) in [5.74, 6) is 6.15. The van der Waals surface area contributed by atoms with E-state index >= 15 is 0 Å². The highest BCUT2D eigenvalue weighted by Gasteiger charge is 1.92. The molecule has 0 unspecified atom stereocenters. The average Bonchev–Trinajstić information content (AvgIpc) is 2.69. The molecule has 0 saturated heterocycles. The second-order valence-electron chi connectivity index (χ2n) is 6.65. The Morgan fingerprint density at radius 2 is 1.00 bits per heavy atom. The van der Waals surface area contributed by atoms with E-state index in [0.29, 0.717) is 0 Å². The molecule has 0 aliphatic heterocycles. The lowest BCUT2D eigenvalue weighted by Crippen LogP contribution is -1.84. The van der Waals surface area contributed by atoms with E-state index < -0.39 is 0 Å². The first-order valence-corrected chi connectivity index (χ1v) is 9.84. The molecule has 2 aromatic rings. The molecule has 0 amide bonds. The average molecular weight is 343 g/mol. The van der Waals surface area contributed by atoms with Crippen LogP contribution in [0.2, 0.25) is 0 Å². The van der Waals surface area contributed by atoms with Gasteiger partial charge in [-0.25, -0.2) is 0 Å². The Morgan fingerprint density at radius 1 is 0.615 bits per heavy atom. The second-order valence-corrected chi connectivity index (χ2v) is 6.65. The van der Waals surface area contributed by atoms with E-state index in [-0.39, 0.29) is 0 Å². The van der Waals surface area contributed by atoms with Crippen molar-refractivity contribution in [2.24, 2.45) is 0 Å². The second kappa shape index (κ2) is 11.9. The molecular formula is C26H30. The van der Waals surface area contributed by atoms with Gasteiger partial charge in [0.2, 0.25) is 0 Å². The number of rotatable bonds is 8. The van der Waals surface area contributed by atoms with Gasteiger partial charge >= 0.3 is 0 Å². The summed E-state index contributed by atoms with van der Waals surface area (Å²) in [6, 6.07) is 17.5. The molecule has 134 valence electrons. The van der Waals surface area contributed by atoms with Gasteiger partial charge in [-0.1, -0.05) is 87.1 Å². The fraction of sp³-hybridized carbons (Fsp3) is 0.308. The molecule has 0 aliphatic carbocycles. The summed E-state index contributed by atoms with van der Waals surface area (Å²) in [7, 11) is 0. The van der Waals surface area contributed by atoms with Gasteiger partial charge in [-0.05, 0) is 72.2 Å². The molecule has 0 bridgehead atoms. The Labute approximate surface area is 159 Å². The van der Waals surface area contributed by atoms with E-state index in [1.54, 1.807) is 0 Å². The maximum Gasteiger partial charge on any atom is -0.0109 e. The quantitative estimate of drug-likeness (QED) is 0.449. The van der Waals surface area contributed by atoms with Crippen LogP contribution >= 0.6 is 0 Å². The van der Waals surface area contributed by atoms with Crippen LogP contribution < -0.4 is 0 Å². The van der Waals surface area contributed by atoms with Gasteiger partial charge in [0.05, 0.1) is 0 Å². The van der Waals surface area contributed by atoms with Crippen LogP contribution in [-0.4, -0.2) is 0 Å². The molecule has 0 atom stereocenters. The van der Waals surface area contributed by atoms with Crippen molar-refractivity contribution in [2.75, 3.05) is 0 Å². The Bertz CT molecular complexity index is 681. The molecule has 2 rings (SSSR count). The lowest BCUT2D eigenvalue weighted by Gasteiger charge is -1.99. The molecule has 0 aromatic heterocycles. The maximum absolute atomic E-state index is 3.07. The van der Waals surface area contributed by atoms with Gasteiger partial charge < -0.3 is 0 Å². The summed E-state index contributed by atoms with van der Waals surface area (Å²) < 4.78 is 0. The number of allylic oxidation sites excluding steroid dienone is 2. The summed E-state index contributed by atoms with van der Waals surface area (Å²) in [5, 5.41) is 0. The molecule has 26 heavy (non-hydrogen) atoms. The van der Waals surface area contributed by atoms with Crippen LogP contribution in [0.3, 0.4) is 0 Å². The largest absolute Gasteiger partial charge is 0.0702 e. The lowest BCUT2D eigenvalue weighted by atomic mass is 10.1. The highest BCUT2D eigenvalue weighted by atomic mass is 14.0. The van der Waals surface area contributed by atoms with E-state index in [0.717, 1.165) is 0 Å². The monoisotopic (exact) mass is 342 g/mol. The van der Waals surface area contributed by atoms with Crippen molar-refractivity contribution in [3.8, 4) is 11.8 Å². The molecule has 0 fully saturated rings. The van der Waals surface area contributed by atoms with E-state index in [1.807, 2.05) is 12.2 Å². The number of hydrogen-bond donors (Lipinski definition) is 0. The van der Waals surface area contributed by atoms with Gasteiger partial charge in [-0.3, -0.25) is 0 Å². The lowest BCUT2D eigenvalue weighted by molar-refractivity contribution is 0.795. The summed E-state index contributed by atoms with van der Waals surface area (Å²) >= 11 is 0. The molecule has 0 N–H and O–H groups in total. The fourth-order valence-electron chi connectivity index (χ4n) is 2.72. The van der Waals surface area contributed by atoms with Gasteiger partial charge in [-0.2, -0.15) is 0 Å². The van der Waals surface area contributed by atoms with Gasteiger partial charge in [0, 0.05) is 0 Å². The molecule has 2 aromatic carbocycles. The summed E-state index contributed by atoms with van der Waals surface area (Å²) in [6.07, 6.45) is 15.3. The Hall–Kier alpha value is -2.52. The van der Waals surface area contributed by atoms with Gasteiger partial charge in [0.15, 0.2) is 0 Å². The molecule has 0 heterocycles. The van der Waals surface area contributed by atoms with Crippen molar-refractivity contribution < 1.29 is 0 Å². The minimum atomic E-state index is 1.17. The number of benzene rings is 2. The zero-order valence-electron chi connectivity index (χ0n) is 16.2. The van der Waals surface area contributed by atoms with Crippen LogP contribution in [0, 0.1) is 11.8 Å². The molecular weight excluding hydrogens is 312 g/mol. The Morgan fingerprint density at radius 3 is 1.35 bits per heavy atom. The van der Waals surface area contributed by atoms with E-state index in [9.17, 15) is 0 Å².